The summed E-state index contributed by atoms with van der Waals surface area (Å²) in [5.41, 5.74) is 2.15. The van der Waals surface area contributed by atoms with Crippen LogP contribution in [0.4, 0.5) is 5.69 Å². The Kier molecular flexibility index (Phi) is 5.03. The van der Waals surface area contributed by atoms with Gasteiger partial charge in [0.1, 0.15) is 0 Å². The Hall–Kier alpha value is -1.31. The van der Waals surface area contributed by atoms with Gasteiger partial charge in [-0.2, -0.15) is 0 Å². The van der Waals surface area contributed by atoms with E-state index >= 15 is 0 Å². The van der Waals surface area contributed by atoms with Crippen LogP contribution in [0, 0.1) is 5.92 Å². The minimum absolute atomic E-state index is 0.0925. The molecule has 1 amide bonds. The van der Waals surface area contributed by atoms with Gasteiger partial charge in [-0.3, -0.25) is 4.79 Å². The number of hydrogen-bond acceptors (Lipinski definition) is 1. The summed E-state index contributed by atoms with van der Waals surface area (Å²) in [4.78, 5) is 11.9. The number of amides is 1. The van der Waals surface area contributed by atoms with Crippen molar-refractivity contribution in [2.45, 2.75) is 40.0 Å². The molecule has 2 heteroatoms. The zero-order chi connectivity index (χ0) is 12.0. The summed E-state index contributed by atoms with van der Waals surface area (Å²) in [6.45, 7) is 6.18. The second kappa shape index (κ2) is 6.31. The Bertz CT molecular complexity index is 346. The van der Waals surface area contributed by atoms with Crippen molar-refractivity contribution in [2.75, 3.05) is 5.32 Å². The third-order valence-electron chi connectivity index (χ3n) is 2.83. The number of para-hydroxylation sites is 1. The predicted octanol–water partition coefficient (Wildman–Crippen LogP) is 3.62. The first-order chi connectivity index (χ1) is 7.69. The van der Waals surface area contributed by atoms with Crippen molar-refractivity contribution in [3.8, 4) is 0 Å². The van der Waals surface area contributed by atoms with Crippen LogP contribution in [0.5, 0.6) is 0 Å². The van der Waals surface area contributed by atoms with Crippen LogP contribution in [0.15, 0.2) is 24.3 Å². The summed E-state index contributed by atoms with van der Waals surface area (Å²) < 4.78 is 0. The second-order valence-corrected chi connectivity index (χ2v) is 4.19. The third-order valence-corrected chi connectivity index (χ3v) is 2.83. The van der Waals surface area contributed by atoms with Gasteiger partial charge in [0.25, 0.3) is 0 Å². The predicted molar refractivity (Wildman–Crippen MR) is 68.5 cm³/mol. The van der Waals surface area contributed by atoms with Crippen molar-refractivity contribution in [2.24, 2.45) is 5.92 Å². The Balaban J connectivity index is 2.69. The molecule has 1 unspecified atom stereocenters. The number of nitrogens with one attached hydrogen (secondary N) is 1. The highest BCUT2D eigenvalue weighted by atomic mass is 16.1. The zero-order valence-electron chi connectivity index (χ0n) is 10.4. The van der Waals surface area contributed by atoms with Gasteiger partial charge in [-0.05, 0) is 24.5 Å². The number of aryl methyl sites for hydroxylation is 1. The molecule has 1 aromatic rings. The van der Waals surface area contributed by atoms with Gasteiger partial charge in [0.05, 0.1) is 0 Å². The molecule has 0 heterocycles. The van der Waals surface area contributed by atoms with Crippen LogP contribution in [-0.2, 0) is 11.2 Å². The lowest BCUT2D eigenvalue weighted by Crippen LogP contribution is -2.20. The fourth-order valence-electron chi connectivity index (χ4n) is 1.77. The van der Waals surface area contributed by atoms with Gasteiger partial charge in [0.2, 0.25) is 5.91 Å². The topological polar surface area (TPSA) is 29.1 Å². The van der Waals surface area contributed by atoms with E-state index in [2.05, 4.69) is 25.2 Å². The van der Waals surface area contributed by atoms with E-state index in [1.165, 1.54) is 5.56 Å². The first kappa shape index (κ1) is 12.8. The van der Waals surface area contributed by atoms with Crippen molar-refractivity contribution in [3.05, 3.63) is 29.8 Å². The van der Waals surface area contributed by atoms with Crippen LogP contribution in [0.1, 0.15) is 39.2 Å². The first-order valence-corrected chi connectivity index (χ1v) is 6.07. The average molecular weight is 219 g/mol. The van der Waals surface area contributed by atoms with Gasteiger partial charge >= 0.3 is 0 Å². The molecule has 1 atom stereocenters. The number of hydrogen-bond donors (Lipinski definition) is 1. The molecule has 0 aliphatic heterocycles. The maximum Gasteiger partial charge on any atom is 0.227 e. The second-order valence-electron chi connectivity index (χ2n) is 4.19. The quantitative estimate of drug-likeness (QED) is 0.805. The van der Waals surface area contributed by atoms with E-state index in [1.54, 1.807) is 0 Å². The summed E-state index contributed by atoms with van der Waals surface area (Å²) in [6.07, 6.45) is 2.93. The van der Waals surface area contributed by atoms with E-state index in [0.717, 1.165) is 24.9 Å². The van der Waals surface area contributed by atoms with Crippen LogP contribution in [0.25, 0.3) is 0 Å². The van der Waals surface area contributed by atoms with E-state index in [0.29, 0.717) is 0 Å². The molecule has 1 N–H and O–H groups in total. The lowest BCUT2D eigenvalue weighted by Gasteiger charge is -2.13. The highest BCUT2D eigenvalue weighted by Gasteiger charge is 2.12. The number of carbonyl (C=O) groups is 1. The standard InChI is InChI=1S/C14H21NO/c1-4-8-11(3)14(16)15-13-10-7-6-9-12(13)5-2/h6-7,9-11H,4-5,8H2,1-3H3,(H,15,16). The molecule has 0 aliphatic rings. The Morgan fingerprint density at radius 3 is 2.62 bits per heavy atom. The van der Waals surface area contributed by atoms with Gasteiger partial charge in [-0.25, -0.2) is 0 Å². The van der Waals surface area contributed by atoms with E-state index in [9.17, 15) is 4.79 Å². The van der Waals surface area contributed by atoms with Gasteiger partial charge < -0.3 is 5.32 Å². The molecule has 0 fully saturated rings. The van der Waals surface area contributed by atoms with Crippen molar-refractivity contribution in [1.82, 2.24) is 0 Å². The number of benzene rings is 1. The molecule has 16 heavy (non-hydrogen) atoms. The molecule has 1 aromatic carbocycles. The monoisotopic (exact) mass is 219 g/mol. The minimum Gasteiger partial charge on any atom is -0.326 e. The van der Waals surface area contributed by atoms with Gasteiger partial charge in [-0.15, -0.1) is 0 Å². The lowest BCUT2D eigenvalue weighted by molar-refractivity contribution is -0.119. The van der Waals surface area contributed by atoms with Crippen molar-refractivity contribution < 1.29 is 4.79 Å². The van der Waals surface area contributed by atoms with Crippen molar-refractivity contribution >= 4 is 11.6 Å². The maximum atomic E-state index is 11.9. The van der Waals surface area contributed by atoms with E-state index in [4.69, 9.17) is 0 Å². The lowest BCUT2D eigenvalue weighted by atomic mass is 10.0. The van der Waals surface area contributed by atoms with Crippen LogP contribution < -0.4 is 5.32 Å². The summed E-state index contributed by atoms with van der Waals surface area (Å²) >= 11 is 0. The van der Waals surface area contributed by atoms with Gasteiger partial charge in [-0.1, -0.05) is 45.4 Å². The average Bonchev–Trinajstić information content (AvgIpc) is 2.30. The maximum absolute atomic E-state index is 11.9. The van der Waals surface area contributed by atoms with Gasteiger partial charge in [0.15, 0.2) is 0 Å². The van der Waals surface area contributed by atoms with E-state index in [1.807, 2.05) is 25.1 Å². The highest BCUT2D eigenvalue weighted by molar-refractivity contribution is 5.93. The Labute approximate surface area is 98.1 Å². The molecule has 0 saturated carbocycles. The fourth-order valence-corrected chi connectivity index (χ4v) is 1.77. The minimum atomic E-state index is 0.0925. The fraction of sp³-hybridized carbons (Fsp3) is 0.500. The first-order valence-electron chi connectivity index (χ1n) is 6.07. The van der Waals surface area contributed by atoms with Crippen LogP contribution >= 0.6 is 0 Å². The SMILES string of the molecule is CCCC(C)C(=O)Nc1ccccc1CC. The summed E-state index contributed by atoms with van der Waals surface area (Å²) in [6, 6.07) is 7.98. The van der Waals surface area contributed by atoms with Crippen molar-refractivity contribution in [3.63, 3.8) is 0 Å². The largest absolute Gasteiger partial charge is 0.326 e. The normalized spacial score (nSPS) is 12.2. The molecule has 88 valence electrons. The molecule has 0 radical (unpaired) electrons. The Morgan fingerprint density at radius 2 is 2.00 bits per heavy atom. The van der Waals surface area contributed by atoms with Crippen LogP contribution in [0.3, 0.4) is 0 Å². The summed E-state index contributed by atoms with van der Waals surface area (Å²) in [5, 5.41) is 3.01. The number of anilines is 1. The molecule has 0 bridgehead atoms. The number of rotatable bonds is 5. The summed E-state index contributed by atoms with van der Waals surface area (Å²) in [7, 11) is 0. The molecule has 0 aliphatic carbocycles. The van der Waals surface area contributed by atoms with E-state index < -0.39 is 0 Å². The summed E-state index contributed by atoms with van der Waals surface area (Å²) in [5.74, 6) is 0.220. The molecule has 0 saturated heterocycles. The molecule has 2 nitrogen and oxygen atoms in total. The molecular weight excluding hydrogens is 198 g/mol. The Morgan fingerprint density at radius 1 is 1.31 bits per heavy atom. The third kappa shape index (κ3) is 3.37. The van der Waals surface area contributed by atoms with Gasteiger partial charge in [0, 0.05) is 11.6 Å². The van der Waals surface area contributed by atoms with Crippen molar-refractivity contribution in [1.29, 1.82) is 0 Å². The molecular formula is C14H21NO. The molecule has 0 spiro atoms. The highest BCUT2D eigenvalue weighted by Crippen LogP contribution is 2.17. The van der Waals surface area contributed by atoms with Crippen LogP contribution in [-0.4, -0.2) is 5.91 Å². The van der Waals surface area contributed by atoms with Crippen LogP contribution in [0.2, 0.25) is 0 Å². The molecule has 1 rings (SSSR count). The molecule has 0 aromatic heterocycles. The smallest absolute Gasteiger partial charge is 0.227 e. The number of carbonyl (C=O) groups excluding carboxylic acids is 1. The zero-order valence-corrected chi connectivity index (χ0v) is 10.4. The van der Waals surface area contributed by atoms with E-state index in [-0.39, 0.29) is 11.8 Å².